The van der Waals surface area contributed by atoms with Crippen molar-refractivity contribution in [2.75, 3.05) is 13.2 Å². The van der Waals surface area contributed by atoms with Gasteiger partial charge in [0.1, 0.15) is 0 Å². The van der Waals surface area contributed by atoms with Crippen LogP contribution >= 0.6 is 0 Å². The molecule has 0 spiro atoms. The zero-order valence-electron chi connectivity index (χ0n) is 12.1. The lowest BCUT2D eigenvalue weighted by Gasteiger charge is -2.34. The second kappa shape index (κ2) is 7.82. The normalized spacial score (nSPS) is 24.2. The van der Waals surface area contributed by atoms with Crippen LogP contribution in [-0.2, 0) is 0 Å². The Morgan fingerprint density at radius 1 is 1.24 bits per heavy atom. The number of hydrogen-bond donors (Lipinski definition) is 3. The molecule has 0 amide bonds. The largest absolute Gasteiger partial charge is 0.396 e. The summed E-state index contributed by atoms with van der Waals surface area (Å²) in [7, 11) is 0. The minimum absolute atomic E-state index is 0.0232. The number of nitrogens with one attached hydrogen (secondary N) is 1. The van der Waals surface area contributed by atoms with Crippen molar-refractivity contribution >= 4 is 0 Å². The Hall–Kier alpha value is -1.04. The average molecular weight is 298 g/mol. The number of rotatable bonds is 6. The number of halogens is 2. The highest BCUT2D eigenvalue weighted by Crippen LogP contribution is 2.27. The van der Waals surface area contributed by atoms with Crippen LogP contribution in [0.4, 0.5) is 8.78 Å². The van der Waals surface area contributed by atoms with E-state index < -0.39 is 6.43 Å². The van der Waals surface area contributed by atoms with Gasteiger partial charge in [0.05, 0.1) is 0 Å². The number of benzene rings is 1. The predicted octanol–water partition coefficient (Wildman–Crippen LogP) is 2.76. The number of aliphatic hydroxyl groups excluding tert-OH is 1. The van der Waals surface area contributed by atoms with Crippen LogP contribution in [0.15, 0.2) is 24.3 Å². The summed E-state index contributed by atoms with van der Waals surface area (Å²) in [6.45, 7) is 0.507. The van der Waals surface area contributed by atoms with Gasteiger partial charge in [-0.3, -0.25) is 0 Å². The summed E-state index contributed by atoms with van der Waals surface area (Å²) >= 11 is 0. The van der Waals surface area contributed by atoms with Crippen molar-refractivity contribution in [2.45, 2.75) is 44.2 Å². The Bertz CT molecular complexity index is 442. The van der Waals surface area contributed by atoms with Gasteiger partial charge in [0.2, 0.25) is 0 Å². The summed E-state index contributed by atoms with van der Waals surface area (Å²) in [5.74, 6) is 0.228. The van der Waals surface area contributed by atoms with Gasteiger partial charge >= 0.3 is 0 Å². The topological polar surface area (TPSA) is 58.3 Å². The third-order valence-corrected chi connectivity index (χ3v) is 4.36. The minimum Gasteiger partial charge on any atom is -0.396 e. The van der Waals surface area contributed by atoms with Crippen LogP contribution in [0.3, 0.4) is 0 Å². The third-order valence-electron chi connectivity index (χ3n) is 4.36. The molecule has 0 bridgehead atoms. The van der Waals surface area contributed by atoms with Crippen LogP contribution in [-0.4, -0.2) is 24.3 Å². The summed E-state index contributed by atoms with van der Waals surface area (Å²) in [6.07, 6.45) is 1.79. The highest BCUT2D eigenvalue weighted by atomic mass is 19.3. The lowest BCUT2D eigenvalue weighted by atomic mass is 9.84. The molecule has 3 atom stereocenters. The van der Waals surface area contributed by atoms with E-state index in [0.717, 1.165) is 31.2 Å². The highest BCUT2D eigenvalue weighted by molar-refractivity contribution is 5.27. The molecular weight excluding hydrogens is 274 g/mol. The lowest BCUT2D eigenvalue weighted by molar-refractivity contribution is 0.145. The zero-order valence-corrected chi connectivity index (χ0v) is 12.1. The molecule has 1 saturated carbocycles. The highest BCUT2D eigenvalue weighted by Gasteiger charge is 2.26. The molecule has 0 radical (unpaired) electrons. The summed E-state index contributed by atoms with van der Waals surface area (Å²) in [4.78, 5) is 0. The molecule has 1 fully saturated rings. The molecule has 4 N–H and O–H groups in total. The maximum atomic E-state index is 12.8. The van der Waals surface area contributed by atoms with Crippen LogP contribution in [0.1, 0.15) is 49.3 Å². The van der Waals surface area contributed by atoms with Gasteiger partial charge in [-0.1, -0.05) is 31.0 Å². The minimum atomic E-state index is -2.47. The van der Waals surface area contributed by atoms with Gasteiger partial charge in [0.25, 0.3) is 6.43 Å². The first kappa shape index (κ1) is 16.3. The van der Waals surface area contributed by atoms with Crippen LogP contribution in [0.25, 0.3) is 0 Å². The van der Waals surface area contributed by atoms with E-state index in [9.17, 15) is 13.9 Å². The molecule has 3 unspecified atom stereocenters. The van der Waals surface area contributed by atoms with E-state index in [1.54, 1.807) is 6.07 Å². The molecule has 1 aliphatic carbocycles. The summed E-state index contributed by atoms with van der Waals surface area (Å²) in [5, 5.41) is 12.9. The maximum Gasteiger partial charge on any atom is 0.263 e. The van der Waals surface area contributed by atoms with Crippen molar-refractivity contribution in [3.05, 3.63) is 35.4 Å². The van der Waals surface area contributed by atoms with Gasteiger partial charge in [0.15, 0.2) is 0 Å². The van der Waals surface area contributed by atoms with E-state index in [4.69, 9.17) is 5.73 Å². The van der Waals surface area contributed by atoms with Crippen molar-refractivity contribution in [2.24, 2.45) is 11.7 Å². The smallest absolute Gasteiger partial charge is 0.263 e. The Labute approximate surface area is 124 Å². The Balaban J connectivity index is 2.10. The van der Waals surface area contributed by atoms with E-state index in [2.05, 4.69) is 5.32 Å². The number of alkyl halides is 2. The van der Waals surface area contributed by atoms with Crippen LogP contribution in [0, 0.1) is 5.92 Å². The molecule has 0 aliphatic heterocycles. The molecule has 0 heterocycles. The Morgan fingerprint density at radius 3 is 2.62 bits per heavy atom. The third kappa shape index (κ3) is 4.22. The Kier molecular flexibility index (Phi) is 6.08. The predicted molar refractivity (Wildman–Crippen MR) is 79.2 cm³/mol. The molecule has 3 nitrogen and oxygen atoms in total. The SMILES string of the molecule is NCC(NC1CCCCC1CO)c1cccc(C(F)F)c1. The lowest BCUT2D eigenvalue weighted by Crippen LogP contribution is -2.44. The maximum absolute atomic E-state index is 12.8. The van der Waals surface area contributed by atoms with Crippen molar-refractivity contribution in [1.29, 1.82) is 0 Å². The fraction of sp³-hybridized carbons (Fsp3) is 0.625. The van der Waals surface area contributed by atoms with E-state index in [1.165, 1.54) is 12.1 Å². The quantitative estimate of drug-likeness (QED) is 0.757. The number of nitrogens with two attached hydrogens (primary N) is 1. The van der Waals surface area contributed by atoms with Crippen LogP contribution in [0.5, 0.6) is 0 Å². The van der Waals surface area contributed by atoms with E-state index in [0.29, 0.717) is 6.54 Å². The molecule has 0 saturated heterocycles. The van der Waals surface area contributed by atoms with Crippen LogP contribution < -0.4 is 11.1 Å². The molecule has 0 aromatic heterocycles. The molecule has 118 valence electrons. The van der Waals surface area contributed by atoms with Crippen LogP contribution in [0.2, 0.25) is 0 Å². The molecule has 1 aliphatic rings. The molecule has 2 rings (SSSR count). The first-order valence-electron chi connectivity index (χ1n) is 7.60. The fourth-order valence-electron chi connectivity index (χ4n) is 3.12. The average Bonchev–Trinajstić information content (AvgIpc) is 2.53. The summed E-state index contributed by atoms with van der Waals surface area (Å²) in [6, 6.07) is 6.47. The van der Waals surface area contributed by atoms with Gasteiger partial charge in [-0.15, -0.1) is 0 Å². The monoisotopic (exact) mass is 298 g/mol. The first-order valence-corrected chi connectivity index (χ1v) is 7.60. The Morgan fingerprint density at radius 2 is 1.95 bits per heavy atom. The van der Waals surface area contributed by atoms with E-state index in [1.807, 2.05) is 6.07 Å². The molecule has 21 heavy (non-hydrogen) atoms. The molecular formula is C16H24F2N2O. The summed E-state index contributed by atoms with van der Waals surface area (Å²) < 4.78 is 25.6. The number of aliphatic hydroxyl groups is 1. The van der Waals surface area contributed by atoms with Gasteiger partial charge in [0, 0.05) is 30.8 Å². The second-order valence-electron chi connectivity index (χ2n) is 5.76. The zero-order chi connectivity index (χ0) is 15.2. The fourth-order valence-corrected chi connectivity index (χ4v) is 3.12. The van der Waals surface area contributed by atoms with E-state index >= 15 is 0 Å². The number of hydrogen-bond acceptors (Lipinski definition) is 3. The molecule has 1 aromatic rings. The van der Waals surface area contributed by atoms with Gasteiger partial charge in [-0.05, 0) is 30.4 Å². The second-order valence-corrected chi connectivity index (χ2v) is 5.76. The first-order chi connectivity index (χ1) is 10.2. The molecule has 5 heteroatoms. The summed E-state index contributed by atoms with van der Waals surface area (Å²) in [5.41, 5.74) is 6.64. The van der Waals surface area contributed by atoms with Crippen molar-refractivity contribution < 1.29 is 13.9 Å². The van der Waals surface area contributed by atoms with Gasteiger partial charge < -0.3 is 16.2 Å². The molecule has 1 aromatic carbocycles. The van der Waals surface area contributed by atoms with Crippen molar-refractivity contribution in [3.8, 4) is 0 Å². The standard InChI is InChI=1S/C16H24F2N2O/c17-16(18)12-6-3-5-11(8-12)15(9-19)20-14-7-2-1-4-13(14)10-21/h3,5-6,8,13-16,20-21H,1-2,4,7,9-10,19H2. The van der Waals surface area contributed by atoms with E-state index in [-0.39, 0.29) is 30.2 Å². The van der Waals surface area contributed by atoms with Gasteiger partial charge in [-0.2, -0.15) is 0 Å². The van der Waals surface area contributed by atoms with Crippen molar-refractivity contribution in [3.63, 3.8) is 0 Å². The van der Waals surface area contributed by atoms with Gasteiger partial charge in [-0.25, -0.2) is 8.78 Å². The van der Waals surface area contributed by atoms with Crippen molar-refractivity contribution in [1.82, 2.24) is 5.32 Å².